The van der Waals surface area contributed by atoms with Crippen molar-refractivity contribution in [2.45, 2.75) is 79.2 Å². The van der Waals surface area contributed by atoms with Gasteiger partial charge in [-0.2, -0.15) is 0 Å². The second kappa shape index (κ2) is 7.70. The molecule has 0 aromatic heterocycles. The second-order valence-corrected chi connectivity index (χ2v) is 5.40. The van der Waals surface area contributed by atoms with Gasteiger partial charge in [0.05, 0.1) is 0 Å². The van der Waals surface area contributed by atoms with Gasteiger partial charge in [0.1, 0.15) is 0 Å². The summed E-state index contributed by atoms with van der Waals surface area (Å²) in [6, 6.07) is 0.245. The SMILES string of the molecule is CCCCCC(C)(CCC)C(=O)NC(C)C. The lowest BCUT2D eigenvalue weighted by atomic mass is 9.79. The maximum atomic E-state index is 12.1. The van der Waals surface area contributed by atoms with E-state index in [0.29, 0.717) is 0 Å². The predicted octanol–water partition coefficient (Wildman–Crippen LogP) is 3.90. The monoisotopic (exact) mass is 227 g/mol. The summed E-state index contributed by atoms with van der Waals surface area (Å²) in [5.74, 6) is 0.237. The van der Waals surface area contributed by atoms with Gasteiger partial charge in [0.25, 0.3) is 0 Å². The van der Waals surface area contributed by atoms with Crippen LogP contribution in [0.15, 0.2) is 0 Å². The Morgan fingerprint density at radius 3 is 2.19 bits per heavy atom. The first-order chi connectivity index (χ1) is 7.46. The summed E-state index contributed by atoms with van der Waals surface area (Å²) in [4.78, 5) is 12.1. The molecule has 96 valence electrons. The molecule has 0 aliphatic rings. The van der Waals surface area contributed by atoms with Crippen molar-refractivity contribution in [3.63, 3.8) is 0 Å². The summed E-state index contributed by atoms with van der Waals surface area (Å²) in [5, 5.41) is 3.06. The highest BCUT2D eigenvalue weighted by atomic mass is 16.2. The minimum Gasteiger partial charge on any atom is -0.353 e. The number of hydrogen-bond donors (Lipinski definition) is 1. The van der Waals surface area contributed by atoms with E-state index in [9.17, 15) is 4.79 Å². The van der Waals surface area contributed by atoms with Crippen molar-refractivity contribution in [1.29, 1.82) is 0 Å². The van der Waals surface area contributed by atoms with Gasteiger partial charge in [-0.3, -0.25) is 4.79 Å². The first kappa shape index (κ1) is 15.5. The summed E-state index contributed by atoms with van der Waals surface area (Å²) >= 11 is 0. The molecule has 0 heterocycles. The number of unbranched alkanes of at least 4 members (excludes halogenated alkanes) is 2. The number of carbonyl (C=O) groups is 1. The first-order valence-electron chi connectivity index (χ1n) is 6.77. The fourth-order valence-corrected chi connectivity index (χ4v) is 2.11. The van der Waals surface area contributed by atoms with Crippen LogP contribution in [0.2, 0.25) is 0 Å². The zero-order valence-corrected chi connectivity index (χ0v) is 11.7. The van der Waals surface area contributed by atoms with Gasteiger partial charge >= 0.3 is 0 Å². The molecule has 0 aromatic carbocycles. The van der Waals surface area contributed by atoms with Crippen LogP contribution in [0.25, 0.3) is 0 Å². The van der Waals surface area contributed by atoms with Gasteiger partial charge in [0.2, 0.25) is 5.91 Å². The van der Waals surface area contributed by atoms with Crippen molar-refractivity contribution in [3.05, 3.63) is 0 Å². The Bertz CT molecular complexity index is 201. The zero-order chi connectivity index (χ0) is 12.6. The highest BCUT2D eigenvalue weighted by Crippen LogP contribution is 2.30. The molecule has 0 radical (unpaired) electrons. The second-order valence-electron chi connectivity index (χ2n) is 5.40. The lowest BCUT2D eigenvalue weighted by molar-refractivity contribution is -0.131. The molecule has 1 amide bonds. The molecule has 1 N–H and O–H groups in total. The lowest BCUT2D eigenvalue weighted by Crippen LogP contribution is -2.42. The van der Waals surface area contributed by atoms with Crippen molar-refractivity contribution in [3.8, 4) is 0 Å². The van der Waals surface area contributed by atoms with Gasteiger partial charge in [-0.05, 0) is 26.7 Å². The quantitative estimate of drug-likeness (QED) is 0.626. The maximum absolute atomic E-state index is 12.1. The van der Waals surface area contributed by atoms with Crippen LogP contribution in [-0.2, 0) is 4.79 Å². The molecule has 2 nitrogen and oxygen atoms in total. The third kappa shape index (κ3) is 5.53. The number of amides is 1. The topological polar surface area (TPSA) is 29.1 Å². The Labute approximate surface area is 101 Å². The Morgan fingerprint density at radius 2 is 1.75 bits per heavy atom. The first-order valence-corrected chi connectivity index (χ1v) is 6.77. The molecule has 2 heteroatoms. The van der Waals surface area contributed by atoms with Crippen LogP contribution >= 0.6 is 0 Å². The van der Waals surface area contributed by atoms with Crippen molar-refractivity contribution >= 4 is 5.91 Å². The van der Waals surface area contributed by atoms with Gasteiger partial charge in [-0.15, -0.1) is 0 Å². The van der Waals surface area contributed by atoms with Crippen LogP contribution < -0.4 is 5.32 Å². The van der Waals surface area contributed by atoms with Gasteiger partial charge < -0.3 is 5.32 Å². The van der Waals surface area contributed by atoms with E-state index in [1.54, 1.807) is 0 Å². The average Bonchev–Trinajstić information content (AvgIpc) is 2.17. The van der Waals surface area contributed by atoms with E-state index >= 15 is 0 Å². The molecule has 16 heavy (non-hydrogen) atoms. The van der Waals surface area contributed by atoms with Crippen LogP contribution in [0.3, 0.4) is 0 Å². The van der Waals surface area contributed by atoms with Gasteiger partial charge in [0, 0.05) is 11.5 Å². The Hall–Kier alpha value is -0.530. The highest BCUT2D eigenvalue weighted by Gasteiger charge is 2.31. The molecule has 0 spiro atoms. The number of rotatable bonds is 8. The minimum atomic E-state index is -0.159. The van der Waals surface area contributed by atoms with Crippen LogP contribution in [0, 0.1) is 5.41 Å². The van der Waals surface area contributed by atoms with Crippen molar-refractivity contribution < 1.29 is 4.79 Å². The largest absolute Gasteiger partial charge is 0.353 e. The average molecular weight is 227 g/mol. The van der Waals surface area contributed by atoms with Crippen LogP contribution in [-0.4, -0.2) is 11.9 Å². The van der Waals surface area contributed by atoms with Gasteiger partial charge in [-0.1, -0.05) is 46.5 Å². The Kier molecular flexibility index (Phi) is 7.44. The third-order valence-corrected chi connectivity index (χ3v) is 3.10. The van der Waals surface area contributed by atoms with Crippen molar-refractivity contribution in [2.24, 2.45) is 5.41 Å². The smallest absolute Gasteiger partial charge is 0.226 e. The van der Waals surface area contributed by atoms with Crippen molar-refractivity contribution in [1.82, 2.24) is 5.32 Å². The molecule has 0 aromatic rings. The van der Waals surface area contributed by atoms with E-state index in [1.807, 2.05) is 13.8 Å². The molecule has 0 bridgehead atoms. The van der Waals surface area contributed by atoms with Crippen LogP contribution in [0.4, 0.5) is 0 Å². The fourth-order valence-electron chi connectivity index (χ4n) is 2.11. The number of nitrogens with one attached hydrogen (secondary N) is 1. The molecule has 0 aliphatic carbocycles. The van der Waals surface area contributed by atoms with Gasteiger partial charge in [0.15, 0.2) is 0 Å². The van der Waals surface area contributed by atoms with E-state index in [2.05, 4.69) is 26.1 Å². The maximum Gasteiger partial charge on any atom is 0.226 e. The molecule has 1 atom stereocenters. The van der Waals surface area contributed by atoms with Crippen LogP contribution in [0.5, 0.6) is 0 Å². The molecular formula is C14H29NO. The van der Waals surface area contributed by atoms with Crippen molar-refractivity contribution in [2.75, 3.05) is 0 Å². The molecule has 0 fully saturated rings. The summed E-state index contributed by atoms with van der Waals surface area (Å²) < 4.78 is 0. The summed E-state index contributed by atoms with van der Waals surface area (Å²) in [6.07, 6.45) is 6.71. The molecule has 0 rings (SSSR count). The Morgan fingerprint density at radius 1 is 1.12 bits per heavy atom. The predicted molar refractivity (Wildman–Crippen MR) is 70.4 cm³/mol. The Balaban J connectivity index is 4.35. The normalized spacial score (nSPS) is 14.9. The molecular weight excluding hydrogens is 198 g/mol. The fraction of sp³-hybridized carbons (Fsp3) is 0.929. The molecule has 0 saturated carbocycles. The lowest BCUT2D eigenvalue weighted by Gasteiger charge is -2.29. The summed E-state index contributed by atoms with van der Waals surface area (Å²) in [7, 11) is 0. The summed E-state index contributed by atoms with van der Waals surface area (Å²) in [5.41, 5.74) is -0.159. The van der Waals surface area contributed by atoms with E-state index in [0.717, 1.165) is 19.3 Å². The standard InChI is InChI=1S/C14H29NO/c1-6-8-9-11-14(5,10-7-2)13(16)15-12(3)4/h12H,6-11H2,1-5H3,(H,15,16). The number of carbonyl (C=O) groups excluding carboxylic acids is 1. The zero-order valence-electron chi connectivity index (χ0n) is 11.7. The molecule has 0 aliphatic heterocycles. The van der Waals surface area contributed by atoms with E-state index in [4.69, 9.17) is 0 Å². The minimum absolute atomic E-state index is 0.159. The molecule has 0 saturated heterocycles. The molecule has 1 unspecified atom stereocenters. The van der Waals surface area contributed by atoms with Gasteiger partial charge in [-0.25, -0.2) is 0 Å². The van der Waals surface area contributed by atoms with E-state index < -0.39 is 0 Å². The third-order valence-electron chi connectivity index (χ3n) is 3.10. The summed E-state index contributed by atoms with van der Waals surface area (Å²) in [6.45, 7) is 10.5. The number of hydrogen-bond acceptors (Lipinski definition) is 1. The highest BCUT2D eigenvalue weighted by molar-refractivity contribution is 5.82. The van der Waals surface area contributed by atoms with Crippen LogP contribution in [0.1, 0.15) is 73.1 Å². The van der Waals surface area contributed by atoms with E-state index in [-0.39, 0.29) is 17.4 Å². The van der Waals surface area contributed by atoms with E-state index in [1.165, 1.54) is 19.3 Å².